The van der Waals surface area contributed by atoms with E-state index in [-0.39, 0.29) is 11.7 Å². The van der Waals surface area contributed by atoms with Crippen molar-refractivity contribution in [3.8, 4) is 17.3 Å². The van der Waals surface area contributed by atoms with Gasteiger partial charge in [0.05, 0.1) is 24.1 Å². The lowest BCUT2D eigenvalue weighted by atomic mass is 9.95. The fourth-order valence-corrected chi connectivity index (χ4v) is 4.75. The van der Waals surface area contributed by atoms with Crippen LogP contribution in [0.3, 0.4) is 0 Å². The van der Waals surface area contributed by atoms with Gasteiger partial charge in [0.15, 0.2) is 10.9 Å². The van der Waals surface area contributed by atoms with Crippen LogP contribution in [0.25, 0.3) is 11.6 Å². The molecule has 1 aliphatic rings. The normalized spacial score (nSPS) is 14.6. The van der Waals surface area contributed by atoms with Crippen LogP contribution in [0.5, 0.6) is 5.75 Å². The number of furan rings is 1. The lowest BCUT2D eigenvalue weighted by Crippen LogP contribution is -2.17. The molecule has 3 aromatic rings. The number of nitrogens with zero attached hydrogens (tertiary/aromatic N) is 3. The molecule has 0 spiro atoms. The minimum atomic E-state index is -0.140. The van der Waals surface area contributed by atoms with Gasteiger partial charge in [-0.25, -0.2) is 0 Å². The van der Waals surface area contributed by atoms with Gasteiger partial charge in [-0.05, 0) is 43.2 Å². The Kier molecular flexibility index (Phi) is 6.64. The summed E-state index contributed by atoms with van der Waals surface area (Å²) < 4.78 is 12.8. The Hall–Kier alpha value is -2.45. The highest BCUT2D eigenvalue weighted by molar-refractivity contribution is 7.99. The standard InChI is InChI=1S/C21H23ClN4O3S/c1-28-17-10-9-14(12-16(17)22)23-19(27)13-30-21-25-24-20(18-8-5-11-29-18)26(21)15-6-3-2-4-7-15/h5,8-12,15H,2-4,6-7,13H2,1H3,(H,23,27). The van der Waals surface area contributed by atoms with Crippen molar-refractivity contribution in [3.05, 3.63) is 41.6 Å². The van der Waals surface area contributed by atoms with E-state index >= 15 is 0 Å². The molecule has 0 radical (unpaired) electrons. The number of halogens is 1. The number of benzene rings is 1. The zero-order valence-corrected chi connectivity index (χ0v) is 18.2. The molecule has 1 fully saturated rings. The molecule has 4 rings (SSSR count). The molecule has 1 aromatic carbocycles. The van der Waals surface area contributed by atoms with Crippen molar-refractivity contribution in [2.45, 2.75) is 43.3 Å². The summed E-state index contributed by atoms with van der Waals surface area (Å²) in [5, 5.41) is 12.8. The summed E-state index contributed by atoms with van der Waals surface area (Å²) in [6, 6.07) is 9.20. The third kappa shape index (κ3) is 4.65. The van der Waals surface area contributed by atoms with Crippen LogP contribution in [0.1, 0.15) is 38.1 Å². The Morgan fingerprint density at radius 3 is 2.83 bits per heavy atom. The highest BCUT2D eigenvalue weighted by Crippen LogP contribution is 2.35. The first-order valence-electron chi connectivity index (χ1n) is 9.90. The van der Waals surface area contributed by atoms with E-state index in [0.29, 0.717) is 28.3 Å². The van der Waals surface area contributed by atoms with Crippen LogP contribution < -0.4 is 10.1 Å². The number of aromatic nitrogens is 3. The van der Waals surface area contributed by atoms with Crippen LogP contribution in [-0.4, -0.2) is 33.5 Å². The third-order valence-electron chi connectivity index (χ3n) is 5.11. The number of carbonyl (C=O) groups excluding carboxylic acids is 1. The Morgan fingerprint density at radius 1 is 1.30 bits per heavy atom. The summed E-state index contributed by atoms with van der Waals surface area (Å²) in [4.78, 5) is 12.5. The Balaban J connectivity index is 1.47. The molecule has 2 aromatic heterocycles. The number of ether oxygens (including phenoxy) is 1. The molecule has 1 N–H and O–H groups in total. The van der Waals surface area contributed by atoms with Gasteiger partial charge in [-0.3, -0.25) is 9.36 Å². The van der Waals surface area contributed by atoms with Crippen LogP contribution in [0.2, 0.25) is 5.02 Å². The highest BCUT2D eigenvalue weighted by Gasteiger charge is 2.25. The summed E-state index contributed by atoms with van der Waals surface area (Å²) in [6.45, 7) is 0. The predicted octanol–water partition coefficient (Wildman–Crippen LogP) is 5.44. The third-order valence-corrected chi connectivity index (χ3v) is 6.35. The topological polar surface area (TPSA) is 82.2 Å². The van der Waals surface area contributed by atoms with Gasteiger partial charge in [0.1, 0.15) is 5.75 Å². The van der Waals surface area contributed by atoms with Gasteiger partial charge in [-0.1, -0.05) is 42.6 Å². The SMILES string of the molecule is COc1ccc(NC(=O)CSc2nnc(-c3ccco3)n2C2CCCCC2)cc1Cl. The molecule has 2 heterocycles. The molecule has 0 unspecified atom stereocenters. The zero-order chi connectivity index (χ0) is 20.9. The molecule has 0 aliphatic heterocycles. The molecule has 30 heavy (non-hydrogen) atoms. The van der Waals surface area contributed by atoms with Gasteiger partial charge in [0.2, 0.25) is 11.7 Å². The van der Waals surface area contributed by atoms with E-state index in [1.54, 1.807) is 31.6 Å². The second-order valence-corrected chi connectivity index (χ2v) is 8.48. The maximum Gasteiger partial charge on any atom is 0.234 e. The van der Waals surface area contributed by atoms with E-state index < -0.39 is 0 Å². The average Bonchev–Trinajstić information content (AvgIpc) is 3.43. The van der Waals surface area contributed by atoms with E-state index in [4.69, 9.17) is 20.8 Å². The maximum atomic E-state index is 12.5. The van der Waals surface area contributed by atoms with Crippen LogP contribution in [0, 0.1) is 0 Å². The summed E-state index contributed by atoms with van der Waals surface area (Å²) >= 11 is 7.51. The van der Waals surface area contributed by atoms with Crippen molar-refractivity contribution < 1.29 is 13.9 Å². The van der Waals surface area contributed by atoms with E-state index in [0.717, 1.165) is 23.8 Å². The van der Waals surface area contributed by atoms with Crippen LogP contribution in [0.15, 0.2) is 46.2 Å². The lowest BCUT2D eigenvalue weighted by molar-refractivity contribution is -0.113. The number of hydrogen-bond donors (Lipinski definition) is 1. The summed E-state index contributed by atoms with van der Waals surface area (Å²) in [5.41, 5.74) is 0.622. The van der Waals surface area contributed by atoms with Crippen molar-refractivity contribution >= 4 is 35.0 Å². The van der Waals surface area contributed by atoms with Crippen molar-refractivity contribution in [1.29, 1.82) is 0 Å². The molecule has 0 saturated heterocycles. The first-order chi connectivity index (χ1) is 14.7. The molecule has 158 valence electrons. The minimum Gasteiger partial charge on any atom is -0.495 e. The molecule has 7 nitrogen and oxygen atoms in total. The molecule has 1 aliphatic carbocycles. The Morgan fingerprint density at radius 2 is 2.13 bits per heavy atom. The number of rotatable bonds is 7. The lowest BCUT2D eigenvalue weighted by Gasteiger charge is -2.25. The number of anilines is 1. The van der Waals surface area contributed by atoms with Gasteiger partial charge in [0.25, 0.3) is 0 Å². The van der Waals surface area contributed by atoms with Crippen LogP contribution >= 0.6 is 23.4 Å². The van der Waals surface area contributed by atoms with Crippen LogP contribution in [-0.2, 0) is 4.79 Å². The quantitative estimate of drug-likeness (QED) is 0.487. The number of hydrogen-bond acceptors (Lipinski definition) is 6. The number of thioether (sulfide) groups is 1. The molecule has 1 amide bonds. The Labute approximate surface area is 184 Å². The second kappa shape index (κ2) is 9.57. The van der Waals surface area contributed by atoms with Crippen molar-refractivity contribution in [2.24, 2.45) is 0 Å². The Bertz CT molecular complexity index is 1000. The van der Waals surface area contributed by atoms with Gasteiger partial charge in [-0.2, -0.15) is 0 Å². The molecule has 0 atom stereocenters. The van der Waals surface area contributed by atoms with Gasteiger partial charge in [0, 0.05) is 11.7 Å². The van der Waals surface area contributed by atoms with Crippen LogP contribution in [0.4, 0.5) is 5.69 Å². The molecular weight excluding hydrogens is 424 g/mol. The number of carbonyl (C=O) groups is 1. The predicted molar refractivity (Wildman–Crippen MR) is 117 cm³/mol. The fraction of sp³-hybridized carbons (Fsp3) is 0.381. The molecule has 9 heteroatoms. The van der Waals surface area contributed by atoms with Crippen molar-refractivity contribution in [2.75, 3.05) is 18.2 Å². The smallest absolute Gasteiger partial charge is 0.234 e. The van der Waals surface area contributed by atoms with E-state index in [1.165, 1.54) is 31.0 Å². The van der Waals surface area contributed by atoms with E-state index in [1.807, 2.05) is 12.1 Å². The monoisotopic (exact) mass is 446 g/mol. The average molecular weight is 447 g/mol. The summed E-state index contributed by atoms with van der Waals surface area (Å²) in [5.74, 6) is 2.05. The largest absolute Gasteiger partial charge is 0.495 e. The number of nitrogens with one attached hydrogen (secondary N) is 1. The van der Waals surface area contributed by atoms with Crippen molar-refractivity contribution in [1.82, 2.24) is 14.8 Å². The molecule has 1 saturated carbocycles. The minimum absolute atomic E-state index is 0.140. The fourth-order valence-electron chi connectivity index (χ4n) is 3.69. The molecule has 0 bridgehead atoms. The molecular formula is C21H23ClN4O3S. The zero-order valence-electron chi connectivity index (χ0n) is 16.6. The number of amides is 1. The summed E-state index contributed by atoms with van der Waals surface area (Å²) in [6.07, 6.45) is 7.41. The van der Waals surface area contributed by atoms with Gasteiger partial charge in [-0.15, -0.1) is 10.2 Å². The van der Waals surface area contributed by atoms with Gasteiger partial charge < -0.3 is 14.5 Å². The van der Waals surface area contributed by atoms with E-state index in [9.17, 15) is 4.79 Å². The first-order valence-corrected chi connectivity index (χ1v) is 11.3. The highest BCUT2D eigenvalue weighted by atomic mass is 35.5. The second-order valence-electron chi connectivity index (χ2n) is 7.13. The van der Waals surface area contributed by atoms with E-state index in [2.05, 4.69) is 20.1 Å². The first kappa shape index (κ1) is 20.8. The maximum absolute atomic E-state index is 12.5. The summed E-state index contributed by atoms with van der Waals surface area (Å²) in [7, 11) is 1.55. The number of methoxy groups -OCH3 is 1. The van der Waals surface area contributed by atoms with Gasteiger partial charge >= 0.3 is 0 Å². The van der Waals surface area contributed by atoms with Crippen molar-refractivity contribution in [3.63, 3.8) is 0 Å².